The Morgan fingerprint density at radius 2 is 1.87 bits per heavy atom. The number of fused-ring (bicyclic) bond motifs is 1. The van der Waals surface area contributed by atoms with Crippen LogP contribution in [0.1, 0.15) is 26.2 Å². The van der Waals surface area contributed by atoms with Gasteiger partial charge >= 0.3 is 6.03 Å². The van der Waals surface area contributed by atoms with Gasteiger partial charge in [0, 0.05) is 24.3 Å². The molecule has 0 unspecified atom stereocenters. The highest BCUT2D eigenvalue weighted by molar-refractivity contribution is 6.01. The Labute approximate surface area is 137 Å². The molecule has 1 heterocycles. The Morgan fingerprint density at radius 3 is 2.65 bits per heavy atom. The predicted octanol–water partition coefficient (Wildman–Crippen LogP) is 2.42. The number of nitrogens with one attached hydrogen (secondary N) is 3. The maximum Gasteiger partial charge on any atom is 0.319 e. The third-order valence-electron chi connectivity index (χ3n) is 4.67. The van der Waals surface area contributed by atoms with Gasteiger partial charge in [0.25, 0.3) is 0 Å². The van der Waals surface area contributed by atoms with Gasteiger partial charge in [-0.05, 0) is 17.9 Å². The fourth-order valence-electron chi connectivity index (χ4n) is 3.45. The van der Waals surface area contributed by atoms with Crippen LogP contribution in [-0.2, 0) is 0 Å². The standard InChI is InChI=1S/C19H25N3O/c1-2-12-22-13-10-16(11-14-22)20-19(23)21-18-9-5-7-15-6-3-4-8-17(15)18/h3-9,16H,2,10-14H2,1H3,(H2,20,21,23)/p+1. The molecule has 1 aliphatic heterocycles. The number of hydrogen-bond acceptors (Lipinski definition) is 1. The summed E-state index contributed by atoms with van der Waals surface area (Å²) in [5.74, 6) is 0. The molecule has 0 aliphatic carbocycles. The first kappa shape index (κ1) is 15.8. The third kappa shape index (κ3) is 4.02. The third-order valence-corrected chi connectivity index (χ3v) is 4.67. The fraction of sp³-hybridized carbons (Fsp3) is 0.421. The van der Waals surface area contributed by atoms with Crippen LogP contribution < -0.4 is 15.5 Å². The summed E-state index contributed by atoms with van der Waals surface area (Å²) in [6.07, 6.45) is 3.37. The minimum Gasteiger partial charge on any atom is -0.335 e. The molecule has 2 amide bonds. The predicted molar refractivity (Wildman–Crippen MR) is 95.0 cm³/mol. The van der Waals surface area contributed by atoms with E-state index in [1.165, 1.54) is 13.0 Å². The number of amides is 2. The lowest BCUT2D eigenvalue weighted by Gasteiger charge is -2.29. The van der Waals surface area contributed by atoms with Crippen LogP contribution in [0.3, 0.4) is 0 Å². The van der Waals surface area contributed by atoms with Crippen LogP contribution in [0.25, 0.3) is 10.8 Å². The molecule has 3 rings (SSSR count). The van der Waals surface area contributed by atoms with E-state index in [4.69, 9.17) is 0 Å². The highest BCUT2D eigenvalue weighted by atomic mass is 16.2. The van der Waals surface area contributed by atoms with Crippen LogP contribution in [0.15, 0.2) is 42.5 Å². The van der Waals surface area contributed by atoms with Crippen LogP contribution in [0.2, 0.25) is 0 Å². The zero-order valence-corrected chi connectivity index (χ0v) is 13.8. The summed E-state index contributed by atoms with van der Waals surface area (Å²) in [5.41, 5.74) is 0.870. The number of anilines is 1. The number of likely N-dealkylation sites (tertiary alicyclic amines) is 1. The van der Waals surface area contributed by atoms with Crippen LogP contribution >= 0.6 is 0 Å². The van der Waals surface area contributed by atoms with Crippen molar-refractivity contribution in [1.29, 1.82) is 0 Å². The van der Waals surface area contributed by atoms with Crippen molar-refractivity contribution < 1.29 is 9.69 Å². The van der Waals surface area contributed by atoms with E-state index in [1.807, 2.05) is 30.3 Å². The Hall–Kier alpha value is -2.07. The number of rotatable bonds is 4. The summed E-state index contributed by atoms with van der Waals surface area (Å²) in [4.78, 5) is 14.0. The van der Waals surface area contributed by atoms with Crippen LogP contribution in [0.4, 0.5) is 10.5 Å². The fourth-order valence-corrected chi connectivity index (χ4v) is 3.45. The van der Waals surface area contributed by atoms with Crippen molar-refractivity contribution in [2.45, 2.75) is 32.2 Å². The number of urea groups is 1. The van der Waals surface area contributed by atoms with Gasteiger partial charge in [0.1, 0.15) is 0 Å². The van der Waals surface area contributed by atoms with Gasteiger partial charge < -0.3 is 15.5 Å². The smallest absolute Gasteiger partial charge is 0.319 e. The van der Waals surface area contributed by atoms with E-state index in [2.05, 4.69) is 29.7 Å². The molecule has 4 heteroatoms. The summed E-state index contributed by atoms with van der Waals surface area (Å²) >= 11 is 0. The molecule has 0 bridgehead atoms. The lowest BCUT2D eigenvalue weighted by molar-refractivity contribution is -0.905. The molecular formula is C19H26N3O+. The van der Waals surface area contributed by atoms with Crippen molar-refractivity contribution in [1.82, 2.24) is 5.32 Å². The van der Waals surface area contributed by atoms with Crippen LogP contribution in [0, 0.1) is 0 Å². The molecule has 122 valence electrons. The average molecular weight is 312 g/mol. The first-order valence-corrected chi connectivity index (χ1v) is 8.65. The second-order valence-electron chi connectivity index (χ2n) is 6.40. The van der Waals surface area contributed by atoms with E-state index in [-0.39, 0.29) is 6.03 Å². The lowest BCUT2D eigenvalue weighted by Crippen LogP contribution is -3.13. The van der Waals surface area contributed by atoms with Gasteiger partial charge in [0.2, 0.25) is 0 Å². The summed E-state index contributed by atoms with van der Waals surface area (Å²) in [6.45, 7) is 5.80. The Kier molecular flexibility index (Phi) is 5.13. The molecule has 0 aromatic heterocycles. The molecule has 0 saturated carbocycles. The Balaban J connectivity index is 1.57. The largest absolute Gasteiger partial charge is 0.335 e. The number of quaternary nitrogens is 1. The van der Waals surface area contributed by atoms with Crippen molar-refractivity contribution in [3.63, 3.8) is 0 Å². The SMILES string of the molecule is CCC[NH+]1CCC(NC(=O)Nc2cccc3ccccc23)CC1. The highest BCUT2D eigenvalue weighted by Crippen LogP contribution is 2.22. The van der Waals surface area contributed by atoms with Crippen molar-refractivity contribution in [3.8, 4) is 0 Å². The van der Waals surface area contributed by atoms with Gasteiger partial charge in [-0.1, -0.05) is 43.3 Å². The molecule has 0 spiro atoms. The quantitative estimate of drug-likeness (QED) is 0.798. The van der Waals surface area contributed by atoms with Crippen molar-refractivity contribution >= 4 is 22.5 Å². The highest BCUT2D eigenvalue weighted by Gasteiger charge is 2.22. The monoisotopic (exact) mass is 312 g/mol. The number of carbonyl (C=O) groups is 1. The van der Waals surface area contributed by atoms with Gasteiger partial charge in [-0.15, -0.1) is 0 Å². The van der Waals surface area contributed by atoms with E-state index >= 15 is 0 Å². The molecule has 0 radical (unpaired) electrons. The summed E-state index contributed by atoms with van der Waals surface area (Å²) in [6, 6.07) is 14.3. The first-order chi connectivity index (χ1) is 11.3. The second-order valence-corrected chi connectivity index (χ2v) is 6.40. The molecule has 1 saturated heterocycles. The van der Waals surface area contributed by atoms with E-state index in [1.54, 1.807) is 4.90 Å². The van der Waals surface area contributed by atoms with Gasteiger partial charge in [0.05, 0.1) is 25.3 Å². The normalized spacial score (nSPS) is 21.1. The average Bonchev–Trinajstić information content (AvgIpc) is 2.57. The number of carbonyl (C=O) groups excluding carboxylic acids is 1. The summed E-state index contributed by atoms with van der Waals surface area (Å²) in [5, 5.41) is 8.36. The van der Waals surface area contributed by atoms with E-state index in [0.29, 0.717) is 6.04 Å². The minimum atomic E-state index is -0.0923. The zero-order chi connectivity index (χ0) is 16.1. The lowest BCUT2D eigenvalue weighted by atomic mass is 10.1. The molecule has 1 aliphatic rings. The molecule has 23 heavy (non-hydrogen) atoms. The molecular weight excluding hydrogens is 286 g/mol. The summed E-state index contributed by atoms with van der Waals surface area (Å²) in [7, 11) is 0. The van der Waals surface area contributed by atoms with Crippen molar-refractivity contribution in [2.75, 3.05) is 25.0 Å². The zero-order valence-electron chi connectivity index (χ0n) is 13.8. The van der Waals surface area contributed by atoms with Gasteiger partial charge in [-0.3, -0.25) is 0 Å². The number of benzene rings is 2. The van der Waals surface area contributed by atoms with E-state index in [9.17, 15) is 4.79 Å². The first-order valence-electron chi connectivity index (χ1n) is 8.65. The van der Waals surface area contributed by atoms with Gasteiger partial charge in [0.15, 0.2) is 0 Å². The van der Waals surface area contributed by atoms with Crippen LogP contribution in [-0.4, -0.2) is 31.7 Å². The van der Waals surface area contributed by atoms with Gasteiger partial charge in [-0.2, -0.15) is 0 Å². The molecule has 1 fully saturated rings. The Bertz CT molecular complexity index is 657. The minimum absolute atomic E-state index is 0.0923. The summed E-state index contributed by atoms with van der Waals surface area (Å²) < 4.78 is 0. The molecule has 2 aromatic rings. The molecule has 2 aromatic carbocycles. The maximum absolute atomic E-state index is 12.3. The molecule has 0 atom stereocenters. The van der Waals surface area contributed by atoms with Crippen LogP contribution in [0.5, 0.6) is 0 Å². The number of piperidine rings is 1. The molecule has 3 N–H and O–H groups in total. The van der Waals surface area contributed by atoms with E-state index < -0.39 is 0 Å². The van der Waals surface area contributed by atoms with Crippen molar-refractivity contribution in [3.05, 3.63) is 42.5 Å². The van der Waals surface area contributed by atoms with Gasteiger partial charge in [-0.25, -0.2) is 4.79 Å². The van der Waals surface area contributed by atoms with E-state index in [0.717, 1.165) is 42.4 Å². The second kappa shape index (κ2) is 7.47. The molecule has 4 nitrogen and oxygen atoms in total. The Morgan fingerprint density at radius 1 is 1.13 bits per heavy atom. The maximum atomic E-state index is 12.3. The topological polar surface area (TPSA) is 45.6 Å². The van der Waals surface area contributed by atoms with Crippen molar-refractivity contribution in [2.24, 2.45) is 0 Å². The number of hydrogen-bond donors (Lipinski definition) is 3.